The van der Waals surface area contributed by atoms with Gasteiger partial charge in [0.1, 0.15) is 0 Å². The van der Waals surface area contributed by atoms with Crippen LogP contribution in [0.1, 0.15) is 95.2 Å². The average Bonchev–Trinajstić information content (AvgIpc) is 2.73. The van der Waals surface area contributed by atoms with Gasteiger partial charge in [0.25, 0.3) is 0 Å². The van der Waals surface area contributed by atoms with Gasteiger partial charge in [-0.15, -0.1) is 0 Å². The van der Waals surface area contributed by atoms with Crippen molar-refractivity contribution in [1.82, 2.24) is 0 Å². The molecule has 146 valence electrons. The first-order valence-corrected chi connectivity index (χ1v) is 10.5. The summed E-state index contributed by atoms with van der Waals surface area (Å²) in [5.41, 5.74) is 8.61. The molecule has 0 aliphatic heterocycles. The third-order valence-electron chi connectivity index (χ3n) is 4.04. The van der Waals surface area contributed by atoms with Crippen LogP contribution in [0.4, 0.5) is 0 Å². The molecule has 1 aromatic carbocycles. The zero-order chi connectivity index (χ0) is 20.5. The fourth-order valence-corrected chi connectivity index (χ4v) is 3.14. The van der Waals surface area contributed by atoms with Crippen molar-refractivity contribution in [2.45, 2.75) is 81.6 Å². The van der Waals surface area contributed by atoms with E-state index < -0.39 is 0 Å². The molecule has 0 atom stereocenters. The van der Waals surface area contributed by atoms with Gasteiger partial charge in [-0.2, -0.15) is 0 Å². The normalized spacial score (nSPS) is 11.6. The van der Waals surface area contributed by atoms with Crippen LogP contribution in [0.15, 0.2) is 30.9 Å². The van der Waals surface area contributed by atoms with Crippen molar-refractivity contribution < 1.29 is 0 Å². The van der Waals surface area contributed by atoms with Gasteiger partial charge in [0.15, 0.2) is 0 Å². The van der Waals surface area contributed by atoms with Gasteiger partial charge >= 0.3 is 0 Å². The second-order valence-corrected chi connectivity index (χ2v) is 5.21. The fourth-order valence-electron chi connectivity index (χ4n) is 3.14. The Hall–Kier alpha value is -1.82. The lowest BCUT2D eigenvalue weighted by atomic mass is 9.82. The molecule has 1 aromatic rings. The van der Waals surface area contributed by atoms with Crippen molar-refractivity contribution in [3.05, 3.63) is 64.3 Å². The van der Waals surface area contributed by atoms with Crippen LogP contribution in [0.2, 0.25) is 0 Å². The zero-order valence-electron chi connectivity index (χ0n) is 18.9. The summed E-state index contributed by atoms with van der Waals surface area (Å²) in [7, 11) is 0. The van der Waals surface area contributed by atoms with E-state index in [0.29, 0.717) is 0 Å². The molecule has 0 saturated heterocycles. The van der Waals surface area contributed by atoms with Gasteiger partial charge in [-0.1, -0.05) is 97.6 Å². The minimum absolute atomic E-state index is 1.09. The van der Waals surface area contributed by atoms with E-state index in [2.05, 4.69) is 57.7 Å². The lowest BCUT2D eigenvalue weighted by Crippen LogP contribution is -2.07. The number of hydrogen-bond donors (Lipinski definition) is 0. The zero-order valence-corrected chi connectivity index (χ0v) is 18.9. The minimum Gasteiger partial charge on any atom is -0.0991 e. The maximum absolute atomic E-state index is 3.79. The summed E-state index contributed by atoms with van der Waals surface area (Å²) in [4.78, 5) is 0. The molecule has 0 bridgehead atoms. The fraction of sp³-hybridized carbons (Fsp3) is 0.462. The Morgan fingerprint density at radius 3 is 2.12 bits per heavy atom. The Morgan fingerprint density at radius 2 is 1.62 bits per heavy atom. The van der Waals surface area contributed by atoms with E-state index in [0.717, 1.165) is 12.8 Å². The number of allylic oxidation sites excluding steroid dienone is 4. The van der Waals surface area contributed by atoms with Crippen molar-refractivity contribution >= 4 is 18.2 Å². The van der Waals surface area contributed by atoms with Crippen molar-refractivity contribution in [3.8, 4) is 0 Å². The maximum atomic E-state index is 3.79. The smallest absolute Gasteiger partial charge is 0.0146 e. The SMILES string of the molecule is C=C/C=C\c1c(C)c2c(c(CC)c1/C=C\C)CCC=C2.CC.CC.CC. The van der Waals surface area contributed by atoms with Gasteiger partial charge in [-0.3, -0.25) is 0 Å². The summed E-state index contributed by atoms with van der Waals surface area (Å²) < 4.78 is 0. The van der Waals surface area contributed by atoms with Gasteiger partial charge in [-0.05, 0) is 66.5 Å². The second kappa shape index (κ2) is 16.6. The van der Waals surface area contributed by atoms with Gasteiger partial charge in [0.05, 0.1) is 0 Å². The molecule has 2 rings (SSSR count). The third kappa shape index (κ3) is 6.83. The maximum Gasteiger partial charge on any atom is -0.0146 e. The molecule has 1 aliphatic carbocycles. The van der Waals surface area contributed by atoms with Crippen LogP contribution in [-0.2, 0) is 12.8 Å². The molecule has 0 N–H and O–H groups in total. The van der Waals surface area contributed by atoms with Crippen LogP contribution in [0.25, 0.3) is 18.2 Å². The van der Waals surface area contributed by atoms with E-state index in [1.807, 2.05) is 53.7 Å². The van der Waals surface area contributed by atoms with E-state index in [4.69, 9.17) is 0 Å². The number of fused-ring (bicyclic) bond motifs is 1. The number of rotatable bonds is 4. The van der Waals surface area contributed by atoms with E-state index in [1.165, 1.54) is 34.2 Å². The van der Waals surface area contributed by atoms with E-state index in [1.54, 1.807) is 5.56 Å². The monoisotopic (exact) mass is 354 g/mol. The standard InChI is InChI=1S/C20H24.3C2H6/c1-5-8-12-17-15(4)18-13-9-10-14-20(18)16(7-3)19(17)11-6-2;3*1-2/h5-6,8-9,11-13H,1,7,10,14H2,2-4H3;3*1-2H3/b11-6-,12-8-;;;. The summed E-state index contributed by atoms with van der Waals surface area (Å²) in [5, 5.41) is 0. The average molecular weight is 355 g/mol. The third-order valence-corrected chi connectivity index (χ3v) is 4.04. The van der Waals surface area contributed by atoms with Gasteiger partial charge in [0.2, 0.25) is 0 Å². The molecule has 0 unspecified atom stereocenters. The highest BCUT2D eigenvalue weighted by Crippen LogP contribution is 2.34. The summed E-state index contributed by atoms with van der Waals surface area (Å²) in [6.45, 7) is 22.4. The molecule has 0 spiro atoms. The Labute approximate surface area is 164 Å². The predicted molar refractivity (Wildman–Crippen MR) is 126 cm³/mol. The molecule has 0 heteroatoms. The first-order valence-electron chi connectivity index (χ1n) is 10.5. The molecule has 0 nitrogen and oxygen atoms in total. The van der Waals surface area contributed by atoms with Crippen LogP contribution in [0, 0.1) is 6.92 Å². The quantitative estimate of drug-likeness (QED) is 0.474. The first-order chi connectivity index (χ1) is 12.7. The predicted octanol–water partition coefficient (Wildman–Crippen LogP) is 8.83. The first kappa shape index (κ1) is 26.4. The lowest BCUT2D eigenvalue weighted by Gasteiger charge is -2.23. The highest BCUT2D eigenvalue weighted by atomic mass is 14.2. The van der Waals surface area contributed by atoms with Gasteiger partial charge in [0, 0.05) is 0 Å². The minimum atomic E-state index is 1.09. The summed E-state index contributed by atoms with van der Waals surface area (Å²) in [6, 6.07) is 0. The number of benzene rings is 1. The van der Waals surface area contributed by atoms with Crippen LogP contribution >= 0.6 is 0 Å². The molecular formula is C26H42. The molecule has 0 radical (unpaired) electrons. The highest BCUT2D eigenvalue weighted by molar-refractivity contribution is 5.78. The molecule has 0 aromatic heterocycles. The Balaban J connectivity index is 0. The lowest BCUT2D eigenvalue weighted by molar-refractivity contribution is 0.938. The van der Waals surface area contributed by atoms with E-state index in [9.17, 15) is 0 Å². The van der Waals surface area contributed by atoms with Crippen LogP contribution in [0.3, 0.4) is 0 Å². The summed E-state index contributed by atoms with van der Waals surface area (Å²) in [5.74, 6) is 0. The molecule has 0 heterocycles. The summed E-state index contributed by atoms with van der Waals surface area (Å²) in [6.07, 6.45) is 18.5. The molecule has 0 fully saturated rings. The van der Waals surface area contributed by atoms with Crippen LogP contribution < -0.4 is 0 Å². The van der Waals surface area contributed by atoms with Gasteiger partial charge < -0.3 is 0 Å². The largest absolute Gasteiger partial charge is 0.0991 e. The highest BCUT2D eigenvalue weighted by Gasteiger charge is 2.18. The Kier molecular flexibility index (Phi) is 16.9. The Bertz CT molecular complexity index is 595. The van der Waals surface area contributed by atoms with Crippen molar-refractivity contribution in [2.75, 3.05) is 0 Å². The molecule has 0 saturated carbocycles. The van der Waals surface area contributed by atoms with Crippen LogP contribution in [0.5, 0.6) is 0 Å². The van der Waals surface area contributed by atoms with Crippen molar-refractivity contribution in [1.29, 1.82) is 0 Å². The molecule has 1 aliphatic rings. The molecule has 26 heavy (non-hydrogen) atoms. The second-order valence-electron chi connectivity index (χ2n) is 5.21. The topological polar surface area (TPSA) is 0 Å². The number of hydrogen-bond acceptors (Lipinski definition) is 0. The van der Waals surface area contributed by atoms with Crippen molar-refractivity contribution in [3.63, 3.8) is 0 Å². The Morgan fingerprint density at radius 1 is 1.00 bits per heavy atom. The van der Waals surface area contributed by atoms with E-state index in [-0.39, 0.29) is 0 Å². The molecule has 0 amide bonds. The van der Waals surface area contributed by atoms with E-state index >= 15 is 0 Å². The summed E-state index contributed by atoms with van der Waals surface area (Å²) >= 11 is 0. The van der Waals surface area contributed by atoms with Crippen LogP contribution in [-0.4, -0.2) is 0 Å². The van der Waals surface area contributed by atoms with Gasteiger partial charge in [-0.25, -0.2) is 0 Å². The van der Waals surface area contributed by atoms with Crippen molar-refractivity contribution in [2.24, 2.45) is 0 Å². The molecular weight excluding hydrogens is 312 g/mol.